The maximum absolute atomic E-state index is 10.8. The molecular weight excluding hydrogens is 470 g/mol. The lowest BCUT2D eigenvalue weighted by molar-refractivity contribution is -0.384. The van der Waals surface area contributed by atoms with Gasteiger partial charge < -0.3 is 27.9 Å². The lowest BCUT2D eigenvalue weighted by atomic mass is 10.3. The number of benzene rings is 1. The number of hydrogen-bond donors (Lipinski definition) is 1. The van der Waals surface area contributed by atoms with Gasteiger partial charge in [-0.25, -0.2) is 0 Å². The number of carbonyl (C=O) groups is 1. The number of hydrogen-bond acceptors (Lipinski definition) is 11. The molecule has 1 aromatic carbocycles. The highest BCUT2D eigenvalue weighted by molar-refractivity contribution is 8.68. The average molecular weight is 492 g/mol. The number of amides is 1. The lowest BCUT2D eigenvalue weighted by Gasteiger charge is -2.17. The number of nitro groups is 1. The van der Waals surface area contributed by atoms with Gasteiger partial charge in [-0.05, 0) is 23.9 Å². The van der Waals surface area contributed by atoms with E-state index >= 15 is 0 Å². The van der Waals surface area contributed by atoms with Gasteiger partial charge in [-0.1, -0.05) is 11.4 Å². The largest absolute Gasteiger partial charge is 0.424 e. The Morgan fingerprint density at radius 2 is 1.61 bits per heavy atom. The molecule has 10 nitrogen and oxygen atoms in total. The molecule has 0 aliphatic heterocycles. The summed E-state index contributed by atoms with van der Waals surface area (Å²) < 4.78 is 25.1. The third-order valence-electron chi connectivity index (χ3n) is 2.79. The molecular formula is C13H22N2O8P2S3. The first-order valence-corrected chi connectivity index (χ1v) is 14.1. The molecule has 0 aliphatic carbocycles. The second kappa shape index (κ2) is 13.6. The van der Waals surface area contributed by atoms with Crippen molar-refractivity contribution in [2.24, 2.45) is 0 Å². The molecule has 1 rings (SSSR count). The topological polar surface area (TPSA) is 118 Å². The Morgan fingerprint density at radius 1 is 1.11 bits per heavy atom. The molecule has 0 saturated carbocycles. The molecule has 28 heavy (non-hydrogen) atoms. The first kappa shape index (κ1) is 27.4. The highest BCUT2D eigenvalue weighted by Crippen LogP contribution is 2.59. The van der Waals surface area contributed by atoms with E-state index in [-0.39, 0.29) is 17.3 Å². The number of non-ortho nitro benzene ring substituents is 1. The summed E-state index contributed by atoms with van der Waals surface area (Å²) in [5.74, 6) is 0.566. The average Bonchev–Trinajstić information content (AvgIpc) is 2.72. The van der Waals surface area contributed by atoms with Crippen LogP contribution in [-0.2, 0) is 46.5 Å². The van der Waals surface area contributed by atoms with Crippen molar-refractivity contribution in [1.82, 2.24) is 5.32 Å². The first-order chi connectivity index (χ1) is 13.1. The zero-order valence-electron chi connectivity index (χ0n) is 15.8. The predicted octanol–water partition coefficient (Wildman–Crippen LogP) is 3.47. The normalized spacial score (nSPS) is 11.2. The van der Waals surface area contributed by atoms with Crippen LogP contribution in [0.4, 0.5) is 5.69 Å². The van der Waals surface area contributed by atoms with Crippen LogP contribution >= 0.6 is 23.8 Å². The number of nitro benzene ring substituents is 1. The molecule has 1 aromatic rings. The zero-order valence-corrected chi connectivity index (χ0v) is 20.1. The fraction of sp³-hybridized carbons (Fsp3) is 0.462. The maximum atomic E-state index is 10.8. The van der Waals surface area contributed by atoms with Crippen LogP contribution in [0.25, 0.3) is 0 Å². The minimum absolute atomic E-state index is 0.0181. The predicted molar refractivity (Wildman–Crippen MR) is 117 cm³/mol. The molecule has 0 aliphatic rings. The standard InChI is InChI=1S/C8H10NO5PS.C5H12NO3PS2/c1-12-15(16,13-2)14-8-5-3-7(4-6-8)9(10)11;1-6-5(7)4-12-10(11,8-2)9-3/h3-6H,1-2H3;4H2,1-3H3,(H,6,7). The van der Waals surface area contributed by atoms with Gasteiger partial charge in [-0.2, -0.15) is 0 Å². The van der Waals surface area contributed by atoms with Gasteiger partial charge in [0.2, 0.25) is 11.6 Å². The quantitative estimate of drug-likeness (QED) is 0.294. The van der Waals surface area contributed by atoms with Gasteiger partial charge in [0.25, 0.3) is 5.69 Å². The van der Waals surface area contributed by atoms with Crippen molar-refractivity contribution in [3.8, 4) is 5.75 Å². The van der Waals surface area contributed by atoms with E-state index in [1.54, 1.807) is 7.05 Å². The molecule has 0 saturated heterocycles. The number of carbonyl (C=O) groups excluding carboxylic acids is 1. The molecule has 0 aromatic heterocycles. The summed E-state index contributed by atoms with van der Waals surface area (Å²) in [4.78, 5) is 20.7. The van der Waals surface area contributed by atoms with Crippen LogP contribution in [0.2, 0.25) is 0 Å². The summed E-state index contributed by atoms with van der Waals surface area (Å²) in [7, 11) is 7.32. The van der Waals surface area contributed by atoms with E-state index in [0.717, 1.165) is 0 Å². The van der Waals surface area contributed by atoms with Gasteiger partial charge in [-0.3, -0.25) is 14.9 Å². The van der Waals surface area contributed by atoms with E-state index in [1.165, 1.54) is 64.1 Å². The molecule has 1 N–H and O–H groups in total. The van der Waals surface area contributed by atoms with Gasteiger partial charge >= 0.3 is 6.72 Å². The summed E-state index contributed by atoms with van der Waals surface area (Å²) in [6, 6.07) is 5.52. The van der Waals surface area contributed by atoms with Crippen LogP contribution in [-0.4, -0.2) is 52.1 Å². The second-order valence-electron chi connectivity index (χ2n) is 4.41. The Labute approximate surface area is 177 Å². The van der Waals surface area contributed by atoms with E-state index in [9.17, 15) is 14.9 Å². The van der Waals surface area contributed by atoms with Crippen molar-refractivity contribution in [2.75, 3.05) is 41.2 Å². The van der Waals surface area contributed by atoms with Crippen molar-refractivity contribution in [3.63, 3.8) is 0 Å². The van der Waals surface area contributed by atoms with E-state index < -0.39 is 17.3 Å². The van der Waals surface area contributed by atoms with Crippen LogP contribution < -0.4 is 9.84 Å². The Balaban J connectivity index is 0.000000546. The summed E-state index contributed by atoms with van der Waals surface area (Å²) >= 11 is 11.2. The van der Waals surface area contributed by atoms with Gasteiger partial charge in [0.05, 0.1) is 10.7 Å². The van der Waals surface area contributed by atoms with Crippen LogP contribution in [0.5, 0.6) is 5.75 Å². The van der Waals surface area contributed by atoms with Crippen LogP contribution in [0.3, 0.4) is 0 Å². The minimum Gasteiger partial charge on any atom is -0.424 e. The summed E-state index contributed by atoms with van der Waals surface area (Å²) in [5.41, 5.74) is -2.28. The molecule has 0 bridgehead atoms. The molecule has 0 fully saturated rings. The Morgan fingerprint density at radius 3 is 1.96 bits per heavy atom. The van der Waals surface area contributed by atoms with Gasteiger partial charge in [-0.15, -0.1) is 0 Å². The number of rotatable bonds is 10. The van der Waals surface area contributed by atoms with E-state index in [4.69, 9.17) is 46.2 Å². The zero-order chi connectivity index (χ0) is 21.8. The van der Waals surface area contributed by atoms with Gasteiger partial charge in [0.1, 0.15) is 5.75 Å². The van der Waals surface area contributed by atoms with Crippen LogP contribution in [0, 0.1) is 10.1 Å². The van der Waals surface area contributed by atoms with Gasteiger partial charge in [0.15, 0.2) is 0 Å². The minimum atomic E-state index is -2.78. The summed E-state index contributed by atoms with van der Waals surface area (Å²) in [6.07, 6.45) is 0. The maximum Gasteiger partial charge on any atom is 0.380 e. The van der Waals surface area contributed by atoms with Crippen molar-refractivity contribution in [1.29, 1.82) is 0 Å². The third-order valence-corrected chi connectivity index (χ3v) is 10.9. The number of nitrogens with zero attached hydrogens (tertiary/aromatic N) is 1. The van der Waals surface area contributed by atoms with E-state index in [1.807, 2.05) is 0 Å². The van der Waals surface area contributed by atoms with Crippen LogP contribution in [0.15, 0.2) is 24.3 Å². The molecule has 1 amide bonds. The first-order valence-electron chi connectivity index (χ1n) is 7.30. The van der Waals surface area contributed by atoms with Crippen molar-refractivity contribution in [3.05, 3.63) is 34.4 Å². The van der Waals surface area contributed by atoms with Crippen LogP contribution in [0.1, 0.15) is 0 Å². The fourth-order valence-electron chi connectivity index (χ4n) is 1.30. The molecule has 15 heteroatoms. The third kappa shape index (κ3) is 10.2. The number of nitrogens with one attached hydrogen (secondary N) is 1. The molecule has 0 atom stereocenters. The van der Waals surface area contributed by atoms with E-state index in [0.29, 0.717) is 5.75 Å². The van der Waals surface area contributed by atoms with E-state index in [2.05, 4.69) is 5.32 Å². The highest BCUT2D eigenvalue weighted by Gasteiger charge is 2.19. The SMILES string of the molecule is CNC(=O)CSP(=S)(OC)OC.COP(=S)(OC)Oc1ccc([N+](=O)[O-])cc1. The molecule has 0 unspecified atom stereocenters. The summed E-state index contributed by atoms with van der Waals surface area (Å²) in [6.45, 7) is -2.78. The smallest absolute Gasteiger partial charge is 0.380 e. The Bertz CT molecular complexity index is 719. The monoisotopic (exact) mass is 492 g/mol. The molecule has 160 valence electrons. The summed E-state index contributed by atoms with van der Waals surface area (Å²) in [5, 5.41) is 12.9. The Kier molecular flexibility index (Phi) is 13.3. The Hall–Kier alpha value is -0.620. The molecule has 0 heterocycles. The van der Waals surface area contributed by atoms with Crippen molar-refractivity contribution in [2.45, 2.75) is 0 Å². The van der Waals surface area contributed by atoms with Crippen molar-refractivity contribution >= 4 is 59.0 Å². The fourth-order valence-corrected chi connectivity index (χ4v) is 4.95. The molecule has 0 spiro atoms. The molecule has 0 radical (unpaired) electrons. The lowest BCUT2D eigenvalue weighted by Crippen LogP contribution is -2.19. The highest BCUT2D eigenvalue weighted by atomic mass is 32.9. The van der Waals surface area contributed by atoms with Gasteiger partial charge in [0, 0.05) is 59.4 Å². The second-order valence-corrected chi connectivity index (χ2v) is 14.1. The van der Waals surface area contributed by atoms with Crippen molar-refractivity contribution < 1.29 is 32.3 Å².